The molecule has 156 valence electrons. The summed E-state index contributed by atoms with van der Waals surface area (Å²) >= 11 is 0. The first-order chi connectivity index (χ1) is 14.4. The van der Waals surface area contributed by atoms with E-state index in [-0.39, 0.29) is 11.8 Å². The molecule has 1 amide bonds. The van der Waals surface area contributed by atoms with Crippen LogP contribution >= 0.6 is 0 Å². The van der Waals surface area contributed by atoms with E-state index in [0.29, 0.717) is 30.8 Å². The average Bonchev–Trinajstić information content (AvgIpc) is 3.17. The summed E-state index contributed by atoms with van der Waals surface area (Å²) in [6, 6.07) is 14.7. The van der Waals surface area contributed by atoms with Crippen LogP contribution in [0.25, 0.3) is 10.9 Å². The molecule has 0 unspecified atom stereocenters. The van der Waals surface area contributed by atoms with Gasteiger partial charge in [0.2, 0.25) is 15.9 Å². The number of carbonyl (C=O) groups is 1. The number of para-hydroxylation sites is 1. The molecule has 1 fully saturated rings. The number of nitrogens with zero attached hydrogens (tertiary/aromatic N) is 2. The first-order valence-electron chi connectivity index (χ1n) is 9.91. The number of hydrogen-bond acceptors (Lipinski definition) is 4. The van der Waals surface area contributed by atoms with Crippen LogP contribution in [0.1, 0.15) is 24.0 Å². The van der Waals surface area contributed by atoms with E-state index in [1.165, 1.54) is 4.31 Å². The second kappa shape index (κ2) is 8.41. The van der Waals surface area contributed by atoms with Gasteiger partial charge in [-0.05, 0) is 38.0 Å². The number of fused-ring (bicyclic) bond motifs is 1. The number of amides is 1. The highest BCUT2D eigenvalue weighted by molar-refractivity contribution is 7.89. The highest BCUT2D eigenvalue weighted by atomic mass is 32.2. The fraction of sp³-hybridized carbons (Fsp3) is 0.273. The molecule has 0 radical (unpaired) electrons. The van der Waals surface area contributed by atoms with Gasteiger partial charge in [-0.1, -0.05) is 35.9 Å². The summed E-state index contributed by atoms with van der Waals surface area (Å²) in [4.78, 5) is 15.9. The van der Waals surface area contributed by atoms with Crippen LogP contribution < -0.4 is 5.43 Å². The van der Waals surface area contributed by atoms with Crippen molar-refractivity contribution < 1.29 is 13.2 Å². The Morgan fingerprint density at radius 1 is 1.13 bits per heavy atom. The Hall–Kier alpha value is -2.97. The van der Waals surface area contributed by atoms with E-state index in [4.69, 9.17) is 0 Å². The number of H-pyrrole nitrogens is 1. The lowest BCUT2D eigenvalue weighted by Gasteiger charge is -2.30. The van der Waals surface area contributed by atoms with Crippen LogP contribution in [0.5, 0.6) is 0 Å². The fourth-order valence-electron chi connectivity index (χ4n) is 3.68. The number of rotatable bonds is 5. The van der Waals surface area contributed by atoms with Gasteiger partial charge in [-0.15, -0.1) is 0 Å². The van der Waals surface area contributed by atoms with E-state index < -0.39 is 10.0 Å². The monoisotopic (exact) mass is 424 g/mol. The van der Waals surface area contributed by atoms with Crippen molar-refractivity contribution >= 4 is 33.0 Å². The second-order valence-electron chi connectivity index (χ2n) is 7.52. The maximum Gasteiger partial charge on any atom is 0.243 e. The number of piperidine rings is 1. The second-order valence-corrected chi connectivity index (χ2v) is 9.45. The predicted octanol–water partition coefficient (Wildman–Crippen LogP) is 3.03. The van der Waals surface area contributed by atoms with Gasteiger partial charge >= 0.3 is 0 Å². The van der Waals surface area contributed by atoms with Crippen molar-refractivity contribution in [2.24, 2.45) is 11.0 Å². The van der Waals surface area contributed by atoms with Crippen LogP contribution in [0.4, 0.5) is 0 Å². The quantitative estimate of drug-likeness (QED) is 0.487. The molecular weight excluding hydrogens is 400 g/mol. The van der Waals surface area contributed by atoms with Gasteiger partial charge in [0.1, 0.15) is 0 Å². The van der Waals surface area contributed by atoms with Crippen molar-refractivity contribution in [1.29, 1.82) is 0 Å². The number of hydrazone groups is 1. The molecule has 8 heteroatoms. The van der Waals surface area contributed by atoms with Crippen molar-refractivity contribution in [2.75, 3.05) is 13.1 Å². The Kier molecular flexibility index (Phi) is 5.69. The third-order valence-corrected chi connectivity index (χ3v) is 7.40. The van der Waals surface area contributed by atoms with Gasteiger partial charge in [0.15, 0.2) is 0 Å². The lowest BCUT2D eigenvalue weighted by molar-refractivity contribution is -0.126. The molecule has 2 N–H and O–H groups in total. The standard InChI is InChI=1S/C22H24N4O3S/c1-16-6-8-19(9-7-16)30(28,29)26-12-10-17(11-13-26)22(27)25-24-15-18-14-23-21-5-3-2-4-20(18)21/h2-9,14-15,17,23H,10-13H2,1H3,(H,25,27)/b24-15+. The predicted molar refractivity (Wildman–Crippen MR) is 117 cm³/mol. The zero-order valence-electron chi connectivity index (χ0n) is 16.7. The van der Waals surface area contributed by atoms with Crippen molar-refractivity contribution in [3.05, 3.63) is 65.9 Å². The molecule has 0 aliphatic carbocycles. The Labute approximate surface area is 175 Å². The van der Waals surface area contributed by atoms with Crippen LogP contribution in [0.3, 0.4) is 0 Å². The summed E-state index contributed by atoms with van der Waals surface area (Å²) in [6.45, 7) is 2.56. The number of aromatic amines is 1. The minimum Gasteiger partial charge on any atom is -0.361 e. The van der Waals surface area contributed by atoms with Crippen LogP contribution in [-0.2, 0) is 14.8 Å². The molecule has 1 aromatic heterocycles. The van der Waals surface area contributed by atoms with E-state index in [1.807, 2.05) is 37.4 Å². The minimum atomic E-state index is -3.53. The molecule has 0 saturated carbocycles. The zero-order valence-corrected chi connectivity index (χ0v) is 17.5. The maximum atomic E-state index is 12.8. The van der Waals surface area contributed by atoms with Gasteiger partial charge in [-0.25, -0.2) is 13.8 Å². The summed E-state index contributed by atoms with van der Waals surface area (Å²) in [7, 11) is -3.53. The van der Waals surface area contributed by atoms with E-state index >= 15 is 0 Å². The molecule has 2 aromatic carbocycles. The fourth-order valence-corrected chi connectivity index (χ4v) is 5.14. The lowest BCUT2D eigenvalue weighted by Crippen LogP contribution is -2.42. The van der Waals surface area contributed by atoms with Gasteiger partial charge in [-0.3, -0.25) is 4.79 Å². The van der Waals surface area contributed by atoms with Gasteiger partial charge in [0.05, 0.1) is 11.1 Å². The number of aryl methyl sites for hydroxylation is 1. The SMILES string of the molecule is Cc1ccc(S(=O)(=O)N2CCC(C(=O)N/N=C/c3c[nH]c4ccccc34)CC2)cc1. The smallest absolute Gasteiger partial charge is 0.243 e. The number of aromatic nitrogens is 1. The topological polar surface area (TPSA) is 94.6 Å². The Balaban J connectivity index is 1.33. The normalized spacial score (nSPS) is 16.3. The molecular formula is C22H24N4O3S. The minimum absolute atomic E-state index is 0.182. The van der Waals surface area contributed by atoms with Crippen LogP contribution in [0, 0.1) is 12.8 Å². The number of sulfonamides is 1. The molecule has 0 spiro atoms. The van der Waals surface area contributed by atoms with Crippen molar-refractivity contribution in [2.45, 2.75) is 24.7 Å². The van der Waals surface area contributed by atoms with Crippen LogP contribution in [0.2, 0.25) is 0 Å². The van der Waals surface area contributed by atoms with E-state index in [9.17, 15) is 13.2 Å². The van der Waals surface area contributed by atoms with Gasteiger partial charge in [0.25, 0.3) is 0 Å². The maximum absolute atomic E-state index is 12.8. The number of carbonyl (C=O) groups excluding carboxylic acids is 1. The summed E-state index contributed by atoms with van der Waals surface area (Å²) in [5, 5.41) is 5.12. The Morgan fingerprint density at radius 2 is 1.83 bits per heavy atom. The van der Waals surface area contributed by atoms with Crippen molar-refractivity contribution in [3.8, 4) is 0 Å². The largest absolute Gasteiger partial charge is 0.361 e. The molecule has 30 heavy (non-hydrogen) atoms. The molecule has 0 bridgehead atoms. The number of nitrogens with one attached hydrogen (secondary N) is 2. The Morgan fingerprint density at radius 3 is 2.57 bits per heavy atom. The highest BCUT2D eigenvalue weighted by Crippen LogP contribution is 2.24. The summed E-state index contributed by atoms with van der Waals surface area (Å²) in [5.41, 5.74) is 5.51. The molecule has 0 atom stereocenters. The highest BCUT2D eigenvalue weighted by Gasteiger charge is 2.32. The summed E-state index contributed by atoms with van der Waals surface area (Å²) in [5.74, 6) is -0.437. The first-order valence-corrected chi connectivity index (χ1v) is 11.3. The van der Waals surface area contributed by atoms with Crippen LogP contribution in [0.15, 0.2) is 64.7 Å². The first kappa shape index (κ1) is 20.3. The Bertz CT molecular complexity index is 1170. The molecule has 3 aromatic rings. The molecule has 1 aliphatic rings. The number of hydrogen-bond donors (Lipinski definition) is 2. The zero-order chi connectivity index (χ0) is 21.1. The average molecular weight is 425 g/mol. The lowest BCUT2D eigenvalue weighted by atomic mass is 9.98. The molecule has 4 rings (SSSR count). The molecule has 1 aliphatic heterocycles. The van der Waals surface area contributed by atoms with Gasteiger partial charge in [0, 0.05) is 41.7 Å². The van der Waals surface area contributed by atoms with Crippen LogP contribution in [-0.4, -0.2) is 42.9 Å². The third-order valence-electron chi connectivity index (χ3n) is 5.48. The van der Waals surface area contributed by atoms with Gasteiger partial charge in [-0.2, -0.15) is 9.41 Å². The van der Waals surface area contributed by atoms with Crippen molar-refractivity contribution in [1.82, 2.24) is 14.7 Å². The molecule has 7 nitrogen and oxygen atoms in total. The summed E-state index contributed by atoms with van der Waals surface area (Å²) in [6.07, 6.45) is 4.40. The van der Waals surface area contributed by atoms with E-state index in [2.05, 4.69) is 15.5 Å². The van der Waals surface area contributed by atoms with E-state index in [1.54, 1.807) is 30.5 Å². The van der Waals surface area contributed by atoms with Gasteiger partial charge < -0.3 is 4.98 Å². The number of benzene rings is 2. The molecule has 1 saturated heterocycles. The van der Waals surface area contributed by atoms with E-state index in [0.717, 1.165) is 22.0 Å². The third kappa shape index (κ3) is 4.15. The van der Waals surface area contributed by atoms with Crippen molar-refractivity contribution in [3.63, 3.8) is 0 Å². The molecule has 2 heterocycles. The summed E-state index contributed by atoms with van der Waals surface area (Å²) < 4.78 is 27.0.